The quantitative estimate of drug-likeness (QED) is 0.847. The summed E-state index contributed by atoms with van der Waals surface area (Å²) in [5.41, 5.74) is 1.35. The predicted molar refractivity (Wildman–Crippen MR) is 92.1 cm³/mol. The molecule has 1 aliphatic heterocycles. The summed E-state index contributed by atoms with van der Waals surface area (Å²) in [5.74, 6) is 1.25. The normalized spacial score (nSPS) is 16.2. The van der Waals surface area contributed by atoms with E-state index < -0.39 is 0 Å². The van der Waals surface area contributed by atoms with Crippen molar-refractivity contribution < 1.29 is 0 Å². The van der Waals surface area contributed by atoms with E-state index in [1.54, 1.807) is 0 Å². The van der Waals surface area contributed by atoms with Crippen molar-refractivity contribution in [2.45, 2.75) is 45.9 Å². The predicted octanol–water partition coefficient (Wildman–Crippen LogP) is 2.84. The lowest BCUT2D eigenvalue weighted by molar-refractivity contribution is 0.252. The molecule has 3 heterocycles. The Morgan fingerprint density at radius 1 is 1.32 bits per heavy atom. The van der Waals surface area contributed by atoms with Gasteiger partial charge in [-0.05, 0) is 32.3 Å². The second kappa shape index (κ2) is 6.94. The van der Waals surface area contributed by atoms with Crippen molar-refractivity contribution in [1.82, 2.24) is 19.4 Å². The summed E-state index contributed by atoms with van der Waals surface area (Å²) in [4.78, 5) is 11.1. The Morgan fingerprint density at radius 3 is 2.91 bits per heavy atom. The fourth-order valence-electron chi connectivity index (χ4n) is 2.88. The molecule has 0 spiro atoms. The fourth-order valence-corrected chi connectivity index (χ4v) is 3.63. The Hall–Kier alpha value is -1.17. The van der Waals surface area contributed by atoms with Crippen molar-refractivity contribution in [3.05, 3.63) is 40.1 Å². The summed E-state index contributed by atoms with van der Waals surface area (Å²) < 4.78 is 2.44. The highest BCUT2D eigenvalue weighted by molar-refractivity contribution is 7.09. The van der Waals surface area contributed by atoms with Gasteiger partial charge in [0.2, 0.25) is 0 Å². The van der Waals surface area contributed by atoms with E-state index in [0.717, 1.165) is 39.1 Å². The second-order valence-corrected chi connectivity index (χ2v) is 7.46. The molecule has 5 heteroatoms. The van der Waals surface area contributed by atoms with Crippen molar-refractivity contribution in [2.24, 2.45) is 0 Å². The molecule has 0 bridgehead atoms. The molecule has 2 aromatic rings. The van der Waals surface area contributed by atoms with Crippen LogP contribution in [0.3, 0.4) is 0 Å². The summed E-state index contributed by atoms with van der Waals surface area (Å²) in [6.07, 6.45) is 3.12. The van der Waals surface area contributed by atoms with Crippen LogP contribution < -0.4 is 0 Å². The molecule has 0 atom stereocenters. The Bertz CT molecular complexity index is 588. The summed E-state index contributed by atoms with van der Waals surface area (Å²) in [7, 11) is 2.18. The lowest BCUT2D eigenvalue weighted by Crippen LogP contribution is -2.28. The van der Waals surface area contributed by atoms with Gasteiger partial charge in [-0.25, -0.2) is 4.98 Å². The molecule has 0 amide bonds. The van der Waals surface area contributed by atoms with Crippen LogP contribution in [-0.4, -0.2) is 45.5 Å². The zero-order valence-corrected chi connectivity index (χ0v) is 14.6. The first-order valence-corrected chi connectivity index (χ1v) is 8.99. The van der Waals surface area contributed by atoms with Crippen LogP contribution >= 0.6 is 11.3 Å². The summed E-state index contributed by atoms with van der Waals surface area (Å²) >= 11 is 1.85. The van der Waals surface area contributed by atoms with E-state index in [0.29, 0.717) is 6.04 Å². The molecule has 0 fully saturated rings. The van der Waals surface area contributed by atoms with Crippen LogP contribution in [0.25, 0.3) is 0 Å². The third-order valence-electron chi connectivity index (χ3n) is 4.56. The van der Waals surface area contributed by atoms with Gasteiger partial charge in [-0.2, -0.15) is 0 Å². The first-order chi connectivity index (χ1) is 10.6. The van der Waals surface area contributed by atoms with E-state index >= 15 is 0 Å². The maximum Gasteiger partial charge on any atom is 0.110 e. The van der Waals surface area contributed by atoms with Crippen LogP contribution in [0.2, 0.25) is 0 Å². The van der Waals surface area contributed by atoms with E-state index in [-0.39, 0.29) is 0 Å². The van der Waals surface area contributed by atoms with Gasteiger partial charge in [0, 0.05) is 56.3 Å². The van der Waals surface area contributed by atoms with Gasteiger partial charge in [0.1, 0.15) is 5.82 Å². The SMILES string of the molecule is CC(C)N(C)Cc1cnc2n1CCN(Cc1cccs1)CC2. The smallest absolute Gasteiger partial charge is 0.110 e. The number of rotatable bonds is 5. The lowest BCUT2D eigenvalue weighted by atomic mass is 10.3. The molecule has 22 heavy (non-hydrogen) atoms. The zero-order chi connectivity index (χ0) is 15.5. The summed E-state index contributed by atoms with van der Waals surface area (Å²) in [5, 5.41) is 2.16. The number of aromatic nitrogens is 2. The van der Waals surface area contributed by atoms with Gasteiger partial charge in [-0.15, -0.1) is 11.3 Å². The summed E-state index contributed by atoms with van der Waals surface area (Å²) in [6.45, 7) is 9.81. The number of nitrogens with zero attached hydrogens (tertiary/aromatic N) is 4. The highest BCUT2D eigenvalue weighted by Crippen LogP contribution is 2.17. The van der Waals surface area contributed by atoms with Crippen molar-refractivity contribution in [2.75, 3.05) is 20.1 Å². The van der Waals surface area contributed by atoms with Crippen molar-refractivity contribution in [1.29, 1.82) is 0 Å². The van der Waals surface area contributed by atoms with Crippen molar-refractivity contribution in [3.8, 4) is 0 Å². The fraction of sp³-hybridized carbons (Fsp3) is 0.588. The standard InChI is InChI=1S/C17H26N4S/c1-14(2)19(3)12-15-11-18-17-6-7-20(8-9-21(15)17)13-16-5-4-10-22-16/h4-5,10-11,14H,6-9,12-13H2,1-3H3. The molecule has 1 aliphatic rings. The Balaban J connectivity index is 1.65. The molecule has 2 aromatic heterocycles. The van der Waals surface area contributed by atoms with Gasteiger partial charge in [-0.1, -0.05) is 6.07 Å². The van der Waals surface area contributed by atoms with Crippen LogP contribution in [0.1, 0.15) is 30.2 Å². The average Bonchev–Trinajstić information content (AvgIpc) is 3.07. The number of hydrogen-bond acceptors (Lipinski definition) is 4. The van der Waals surface area contributed by atoms with E-state index in [1.807, 2.05) is 11.3 Å². The lowest BCUT2D eigenvalue weighted by Gasteiger charge is -2.22. The summed E-state index contributed by atoms with van der Waals surface area (Å²) in [6, 6.07) is 4.94. The van der Waals surface area contributed by atoms with Crippen LogP contribution in [0.5, 0.6) is 0 Å². The number of hydrogen-bond donors (Lipinski definition) is 0. The second-order valence-electron chi connectivity index (χ2n) is 6.43. The maximum absolute atomic E-state index is 4.67. The molecular formula is C17H26N4S. The Labute approximate surface area is 137 Å². The van der Waals surface area contributed by atoms with E-state index in [2.05, 4.69) is 64.0 Å². The molecule has 0 saturated carbocycles. The van der Waals surface area contributed by atoms with E-state index in [1.165, 1.54) is 16.4 Å². The molecule has 0 radical (unpaired) electrons. The Kier molecular flexibility index (Phi) is 4.96. The third kappa shape index (κ3) is 3.59. The number of thiophene rings is 1. The van der Waals surface area contributed by atoms with Crippen molar-refractivity contribution in [3.63, 3.8) is 0 Å². The number of imidazole rings is 1. The van der Waals surface area contributed by atoms with Gasteiger partial charge < -0.3 is 4.57 Å². The van der Waals surface area contributed by atoms with Gasteiger partial charge in [0.05, 0.1) is 5.69 Å². The van der Waals surface area contributed by atoms with Crippen molar-refractivity contribution >= 4 is 11.3 Å². The molecule has 0 unspecified atom stereocenters. The highest BCUT2D eigenvalue weighted by atomic mass is 32.1. The molecule has 3 rings (SSSR count). The van der Waals surface area contributed by atoms with Crippen LogP contribution in [0.4, 0.5) is 0 Å². The first kappa shape index (κ1) is 15.7. The minimum atomic E-state index is 0.562. The van der Waals surface area contributed by atoms with Gasteiger partial charge in [0.15, 0.2) is 0 Å². The number of fused-ring (bicyclic) bond motifs is 1. The largest absolute Gasteiger partial charge is 0.329 e. The zero-order valence-electron chi connectivity index (χ0n) is 13.8. The average molecular weight is 318 g/mol. The topological polar surface area (TPSA) is 24.3 Å². The minimum absolute atomic E-state index is 0.562. The van der Waals surface area contributed by atoms with Gasteiger partial charge in [-0.3, -0.25) is 9.80 Å². The molecule has 0 saturated heterocycles. The van der Waals surface area contributed by atoms with Crippen LogP contribution in [0, 0.1) is 0 Å². The first-order valence-electron chi connectivity index (χ1n) is 8.11. The molecular weight excluding hydrogens is 292 g/mol. The van der Waals surface area contributed by atoms with E-state index in [9.17, 15) is 0 Å². The molecule has 0 aliphatic carbocycles. The third-order valence-corrected chi connectivity index (χ3v) is 5.43. The van der Waals surface area contributed by atoms with E-state index in [4.69, 9.17) is 0 Å². The monoisotopic (exact) mass is 318 g/mol. The van der Waals surface area contributed by atoms with Crippen LogP contribution in [0.15, 0.2) is 23.7 Å². The van der Waals surface area contributed by atoms with Gasteiger partial charge in [0.25, 0.3) is 0 Å². The molecule has 0 aromatic carbocycles. The highest BCUT2D eigenvalue weighted by Gasteiger charge is 2.18. The molecule has 0 N–H and O–H groups in total. The Morgan fingerprint density at radius 2 is 2.18 bits per heavy atom. The van der Waals surface area contributed by atoms with Crippen LogP contribution in [-0.2, 0) is 26.1 Å². The molecule has 120 valence electrons. The van der Waals surface area contributed by atoms with Gasteiger partial charge >= 0.3 is 0 Å². The minimum Gasteiger partial charge on any atom is -0.329 e. The maximum atomic E-state index is 4.67. The molecule has 4 nitrogen and oxygen atoms in total.